The monoisotopic (exact) mass is 403 g/mol. The number of aromatic nitrogens is 3. The minimum Gasteiger partial charge on any atom is -0.345 e. The van der Waals surface area contributed by atoms with Crippen LogP contribution >= 0.6 is 0 Å². The highest BCUT2D eigenvalue weighted by Gasteiger charge is 2.27. The Hall–Kier alpha value is -3.35. The van der Waals surface area contributed by atoms with Gasteiger partial charge in [0, 0.05) is 37.0 Å². The van der Waals surface area contributed by atoms with Gasteiger partial charge in [-0.1, -0.05) is 17.7 Å². The molecule has 7 heteroatoms. The molecule has 0 radical (unpaired) electrons. The SMILES string of the molecule is Cc1ccc(C(=O)Nc2n[nH]c3c2CCn2cc(C(=O)N4CCCC4)cc2-3)c(C)c1. The van der Waals surface area contributed by atoms with Crippen LogP contribution in [0.4, 0.5) is 5.82 Å². The summed E-state index contributed by atoms with van der Waals surface area (Å²) in [5, 5.41) is 10.4. The summed E-state index contributed by atoms with van der Waals surface area (Å²) in [7, 11) is 0. The van der Waals surface area contributed by atoms with Gasteiger partial charge in [0.05, 0.1) is 17.0 Å². The molecule has 154 valence electrons. The largest absolute Gasteiger partial charge is 0.345 e. The smallest absolute Gasteiger partial charge is 0.257 e. The van der Waals surface area contributed by atoms with Crippen LogP contribution in [0.25, 0.3) is 11.4 Å². The van der Waals surface area contributed by atoms with Gasteiger partial charge in [0.2, 0.25) is 0 Å². The Morgan fingerprint density at radius 2 is 1.90 bits per heavy atom. The van der Waals surface area contributed by atoms with Gasteiger partial charge in [-0.05, 0) is 50.8 Å². The van der Waals surface area contributed by atoms with E-state index in [1.165, 1.54) is 0 Å². The molecule has 4 heterocycles. The molecule has 5 rings (SSSR count). The number of rotatable bonds is 3. The van der Waals surface area contributed by atoms with Crippen LogP contribution < -0.4 is 5.32 Å². The van der Waals surface area contributed by atoms with Crippen molar-refractivity contribution >= 4 is 17.6 Å². The first-order valence-corrected chi connectivity index (χ1v) is 10.5. The van der Waals surface area contributed by atoms with Crippen molar-refractivity contribution in [2.24, 2.45) is 0 Å². The summed E-state index contributed by atoms with van der Waals surface area (Å²) in [6, 6.07) is 7.72. The molecule has 0 bridgehead atoms. The normalized spacial score (nSPS) is 15.1. The number of nitrogens with zero attached hydrogens (tertiary/aromatic N) is 3. The lowest BCUT2D eigenvalue weighted by molar-refractivity contribution is 0.0792. The number of hydrogen-bond acceptors (Lipinski definition) is 3. The van der Waals surface area contributed by atoms with E-state index < -0.39 is 0 Å². The molecule has 0 unspecified atom stereocenters. The molecule has 0 spiro atoms. The molecular weight excluding hydrogens is 378 g/mol. The first kappa shape index (κ1) is 18.7. The van der Waals surface area contributed by atoms with Crippen LogP contribution in [0.5, 0.6) is 0 Å². The highest BCUT2D eigenvalue weighted by Crippen LogP contribution is 2.34. The summed E-state index contributed by atoms with van der Waals surface area (Å²) < 4.78 is 2.10. The average molecular weight is 403 g/mol. The fourth-order valence-electron chi connectivity index (χ4n) is 4.52. The van der Waals surface area contributed by atoms with E-state index in [1.54, 1.807) is 0 Å². The zero-order valence-electron chi connectivity index (χ0n) is 17.3. The third-order valence-electron chi connectivity index (χ3n) is 6.12. The summed E-state index contributed by atoms with van der Waals surface area (Å²) in [6.45, 7) is 6.37. The van der Waals surface area contributed by atoms with E-state index in [0.29, 0.717) is 11.4 Å². The van der Waals surface area contributed by atoms with Crippen molar-refractivity contribution in [1.82, 2.24) is 19.7 Å². The quantitative estimate of drug-likeness (QED) is 0.702. The van der Waals surface area contributed by atoms with Crippen LogP contribution in [-0.2, 0) is 13.0 Å². The lowest BCUT2D eigenvalue weighted by atomic mass is 10.0. The second-order valence-corrected chi connectivity index (χ2v) is 8.25. The molecule has 1 saturated heterocycles. The van der Waals surface area contributed by atoms with Gasteiger partial charge in [-0.25, -0.2) is 0 Å². The molecule has 30 heavy (non-hydrogen) atoms. The lowest BCUT2D eigenvalue weighted by Gasteiger charge is -2.16. The number of amides is 2. The third-order valence-corrected chi connectivity index (χ3v) is 6.12. The molecule has 1 aromatic carbocycles. The van der Waals surface area contributed by atoms with Crippen molar-refractivity contribution < 1.29 is 9.59 Å². The van der Waals surface area contributed by atoms with Crippen LogP contribution in [0.1, 0.15) is 50.2 Å². The van der Waals surface area contributed by atoms with Gasteiger partial charge >= 0.3 is 0 Å². The Bertz CT molecular complexity index is 1150. The van der Waals surface area contributed by atoms with E-state index >= 15 is 0 Å². The molecule has 0 aliphatic carbocycles. The van der Waals surface area contributed by atoms with E-state index in [-0.39, 0.29) is 11.8 Å². The zero-order chi connectivity index (χ0) is 20.8. The van der Waals surface area contributed by atoms with Gasteiger partial charge in [-0.2, -0.15) is 5.10 Å². The number of likely N-dealkylation sites (tertiary alicyclic amines) is 1. The summed E-state index contributed by atoms with van der Waals surface area (Å²) in [5.41, 5.74) is 6.23. The molecule has 7 nitrogen and oxygen atoms in total. The van der Waals surface area contributed by atoms with Crippen LogP contribution in [0.3, 0.4) is 0 Å². The summed E-state index contributed by atoms with van der Waals surface area (Å²) in [4.78, 5) is 27.5. The Kier molecular flexibility index (Phi) is 4.46. The second-order valence-electron chi connectivity index (χ2n) is 8.25. The Morgan fingerprint density at radius 3 is 2.67 bits per heavy atom. The van der Waals surface area contributed by atoms with Crippen molar-refractivity contribution in [3.05, 3.63) is 58.3 Å². The maximum atomic E-state index is 12.8. The van der Waals surface area contributed by atoms with Gasteiger partial charge in [-0.3, -0.25) is 14.7 Å². The van der Waals surface area contributed by atoms with Crippen LogP contribution in [-0.4, -0.2) is 44.6 Å². The van der Waals surface area contributed by atoms with Crippen molar-refractivity contribution in [1.29, 1.82) is 0 Å². The molecule has 0 saturated carbocycles. The molecule has 2 aliphatic heterocycles. The third kappa shape index (κ3) is 3.10. The molecule has 2 aliphatic rings. The highest BCUT2D eigenvalue weighted by molar-refractivity contribution is 6.05. The number of H-pyrrole nitrogens is 1. The fraction of sp³-hybridized carbons (Fsp3) is 0.348. The summed E-state index contributed by atoms with van der Waals surface area (Å²) in [6.07, 6.45) is 4.84. The average Bonchev–Trinajstić information content (AvgIpc) is 3.46. The molecule has 2 aromatic heterocycles. The van der Waals surface area contributed by atoms with Crippen molar-refractivity contribution in [3.8, 4) is 11.4 Å². The van der Waals surface area contributed by atoms with E-state index in [0.717, 1.165) is 72.5 Å². The highest BCUT2D eigenvalue weighted by atomic mass is 16.2. The first-order valence-electron chi connectivity index (χ1n) is 10.5. The maximum absolute atomic E-state index is 12.8. The van der Waals surface area contributed by atoms with Crippen molar-refractivity contribution in [2.45, 2.75) is 39.7 Å². The number of benzene rings is 1. The van der Waals surface area contributed by atoms with Gasteiger partial charge < -0.3 is 14.8 Å². The first-order chi connectivity index (χ1) is 14.5. The van der Waals surface area contributed by atoms with Gasteiger partial charge in [-0.15, -0.1) is 0 Å². The number of nitrogens with one attached hydrogen (secondary N) is 2. The molecule has 3 aromatic rings. The Labute approximate surface area is 175 Å². The summed E-state index contributed by atoms with van der Waals surface area (Å²) >= 11 is 0. The van der Waals surface area contributed by atoms with Gasteiger partial charge in [0.25, 0.3) is 11.8 Å². The van der Waals surface area contributed by atoms with E-state index in [2.05, 4.69) is 20.1 Å². The zero-order valence-corrected chi connectivity index (χ0v) is 17.3. The van der Waals surface area contributed by atoms with Crippen LogP contribution in [0, 0.1) is 13.8 Å². The predicted molar refractivity (Wildman–Crippen MR) is 115 cm³/mol. The molecule has 2 N–H and O–H groups in total. The number of fused-ring (bicyclic) bond motifs is 3. The number of anilines is 1. The predicted octanol–water partition coefficient (Wildman–Crippen LogP) is 3.54. The summed E-state index contributed by atoms with van der Waals surface area (Å²) in [5.74, 6) is 0.501. The number of carbonyl (C=O) groups is 2. The fourth-order valence-corrected chi connectivity index (χ4v) is 4.52. The van der Waals surface area contributed by atoms with Crippen molar-refractivity contribution in [2.75, 3.05) is 18.4 Å². The maximum Gasteiger partial charge on any atom is 0.257 e. The van der Waals surface area contributed by atoms with Gasteiger partial charge in [0.1, 0.15) is 0 Å². The minimum absolute atomic E-state index is 0.0961. The minimum atomic E-state index is -0.160. The molecular formula is C23H25N5O2. The number of aryl methyl sites for hydroxylation is 3. The van der Waals surface area contributed by atoms with E-state index in [4.69, 9.17) is 0 Å². The van der Waals surface area contributed by atoms with Crippen LogP contribution in [0.15, 0.2) is 30.5 Å². The van der Waals surface area contributed by atoms with Crippen molar-refractivity contribution in [3.63, 3.8) is 0 Å². The Balaban J connectivity index is 1.41. The molecule has 2 amide bonds. The second kappa shape index (κ2) is 7.16. The molecule has 0 atom stereocenters. The van der Waals surface area contributed by atoms with Gasteiger partial charge in [0.15, 0.2) is 5.82 Å². The standard InChI is InChI=1S/C23H25N5O2/c1-14-5-6-17(15(2)11-14)22(29)24-21-18-7-10-28-13-16(12-19(28)20(18)25-26-21)23(30)27-8-3-4-9-27/h5-6,11-13H,3-4,7-10H2,1-2H3,(H2,24,25,26,29). The number of aromatic amines is 1. The van der Waals surface area contributed by atoms with E-state index in [1.807, 2.05) is 49.2 Å². The number of hydrogen-bond donors (Lipinski definition) is 2. The lowest BCUT2D eigenvalue weighted by Crippen LogP contribution is -2.27. The van der Waals surface area contributed by atoms with E-state index in [9.17, 15) is 9.59 Å². The molecule has 1 fully saturated rings. The topological polar surface area (TPSA) is 83.0 Å². The number of carbonyl (C=O) groups excluding carboxylic acids is 2. The Morgan fingerprint density at radius 1 is 1.10 bits per heavy atom. The van der Waals surface area contributed by atoms with Crippen LogP contribution in [0.2, 0.25) is 0 Å².